The van der Waals surface area contributed by atoms with E-state index in [0.29, 0.717) is 0 Å². The van der Waals surface area contributed by atoms with Gasteiger partial charge in [0.1, 0.15) is 7.05 Å². The summed E-state index contributed by atoms with van der Waals surface area (Å²) in [5.74, 6) is 1.08. The van der Waals surface area contributed by atoms with Crippen molar-refractivity contribution in [2.75, 3.05) is 0 Å². The summed E-state index contributed by atoms with van der Waals surface area (Å²) in [7, 11) is 2.13. The summed E-state index contributed by atoms with van der Waals surface area (Å²) in [5.41, 5.74) is 5.61. The van der Waals surface area contributed by atoms with Gasteiger partial charge in [-0.25, -0.2) is 4.57 Å². The Kier molecular flexibility index (Phi) is 2.25. The molecular weight excluding hydrogens is 214 g/mol. The van der Waals surface area contributed by atoms with Crippen molar-refractivity contribution < 1.29 is 4.57 Å². The summed E-state index contributed by atoms with van der Waals surface area (Å²) in [6.45, 7) is 2.20. The molecule has 80 valence electrons. The normalized spacial score (nSPS) is 13.1. The molecule has 2 heteroatoms. The number of thioether (sulfide) groups is 1. The van der Waals surface area contributed by atoms with Gasteiger partial charge in [0.2, 0.25) is 5.69 Å². The van der Waals surface area contributed by atoms with Gasteiger partial charge in [0.05, 0.1) is 5.56 Å². The maximum atomic E-state index is 2.24. The molecule has 1 aromatic carbocycles. The van der Waals surface area contributed by atoms with E-state index in [2.05, 4.69) is 55.1 Å². The Morgan fingerprint density at radius 1 is 1.19 bits per heavy atom. The smallest absolute Gasteiger partial charge is 0.201 e. The highest BCUT2D eigenvalue weighted by atomic mass is 32.2. The van der Waals surface area contributed by atoms with Gasteiger partial charge >= 0.3 is 0 Å². The Morgan fingerprint density at radius 2 is 2.06 bits per heavy atom. The van der Waals surface area contributed by atoms with Crippen molar-refractivity contribution in [2.45, 2.75) is 17.6 Å². The zero-order valence-corrected chi connectivity index (χ0v) is 10.3. The minimum absolute atomic E-state index is 1.08. The molecule has 1 aliphatic heterocycles. The summed E-state index contributed by atoms with van der Waals surface area (Å²) in [6, 6.07) is 10.9. The van der Waals surface area contributed by atoms with Gasteiger partial charge < -0.3 is 0 Å². The van der Waals surface area contributed by atoms with Gasteiger partial charge in [0.25, 0.3) is 0 Å². The number of rotatable bonds is 0. The molecule has 1 nitrogen and oxygen atoms in total. The van der Waals surface area contributed by atoms with E-state index in [9.17, 15) is 0 Å². The summed E-state index contributed by atoms with van der Waals surface area (Å²) >= 11 is 1.94. The molecule has 0 saturated carbocycles. The second kappa shape index (κ2) is 3.63. The second-order valence-corrected chi connectivity index (χ2v) is 5.25. The monoisotopic (exact) mass is 228 g/mol. The van der Waals surface area contributed by atoms with Gasteiger partial charge in [-0.2, -0.15) is 0 Å². The zero-order chi connectivity index (χ0) is 11.1. The van der Waals surface area contributed by atoms with E-state index in [1.54, 1.807) is 0 Å². The predicted octanol–water partition coefficient (Wildman–Crippen LogP) is 3.09. The number of aryl methyl sites for hydroxylation is 2. The lowest BCUT2D eigenvalue weighted by Gasteiger charge is -2.18. The summed E-state index contributed by atoms with van der Waals surface area (Å²) in [4.78, 5) is 1.41. The van der Waals surface area contributed by atoms with Crippen LogP contribution < -0.4 is 4.57 Å². The Labute approximate surface area is 100 Å². The quantitative estimate of drug-likeness (QED) is 0.627. The van der Waals surface area contributed by atoms with Gasteiger partial charge in [0, 0.05) is 22.3 Å². The van der Waals surface area contributed by atoms with Crippen LogP contribution in [0, 0.1) is 6.92 Å². The minimum Gasteiger partial charge on any atom is -0.201 e. The Morgan fingerprint density at radius 3 is 2.94 bits per heavy atom. The van der Waals surface area contributed by atoms with E-state index in [1.807, 2.05) is 11.8 Å². The number of aromatic nitrogens is 1. The largest absolute Gasteiger partial charge is 0.217 e. The fourth-order valence-electron chi connectivity index (χ4n) is 2.34. The average molecular weight is 228 g/mol. The molecule has 0 atom stereocenters. The van der Waals surface area contributed by atoms with Gasteiger partial charge in [-0.3, -0.25) is 0 Å². The molecule has 0 amide bonds. The van der Waals surface area contributed by atoms with Crippen LogP contribution >= 0.6 is 11.8 Å². The molecule has 1 aromatic heterocycles. The number of pyridine rings is 1. The lowest BCUT2D eigenvalue weighted by Crippen LogP contribution is -2.32. The van der Waals surface area contributed by atoms with Crippen molar-refractivity contribution in [1.82, 2.24) is 0 Å². The molecule has 0 radical (unpaired) electrons. The zero-order valence-electron chi connectivity index (χ0n) is 9.53. The van der Waals surface area contributed by atoms with Crippen LogP contribution in [-0.2, 0) is 12.8 Å². The molecule has 2 aromatic rings. The van der Waals surface area contributed by atoms with Crippen LogP contribution in [0.3, 0.4) is 0 Å². The first-order valence-electron chi connectivity index (χ1n) is 5.47. The Balaban J connectivity index is 2.37. The van der Waals surface area contributed by atoms with E-state index >= 15 is 0 Å². The first-order valence-corrected chi connectivity index (χ1v) is 6.46. The standard InChI is InChI=1S/C14H14NS/c1-10-5-3-7-12-13(10)14-11(9-16-12)6-4-8-15(14)2/h3-8H,9H2,1-2H3/q+1. The van der Waals surface area contributed by atoms with Crippen molar-refractivity contribution in [1.29, 1.82) is 0 Å². The summed E-state index contributed by atoms with van der Waals surface area (Å²) < 4.78 is 2.24. The molecule has 0 saturated heterocycles. The van der Waals surface area contributed by atoms with E-state index in [4.69, 9.17) is 0 Å². The summed E-state index contributed by atoms with van der Waals surface area (Å²) in [5, 5.41) is 0. The average Bonchev–Trinajstić information content (AvgIpc) is 2.29. The first-order chi connectivity index (χ1) is 7.77. The van der Waals surface area contributed by atoms with Crippen LogP contribution in [0.5, 0.6) is 0 Å². The van der Waals surface area contributed by atoms with Gasteiger partial charge in [-0.1, -0.05) is 12.1 Å². The third-order valence-electron chi connectivity index (χ3n) is 3.12. The highest BCUT2D eigenvalue weighted by Crippen LogP contribution is 2.40. The lowest BCUT2D eigenvalue weighted by atomic mass is 10.0. The van der Waals surface area contributed by atoms with Gasteiger partial charge in [-0.05, 0) is 24.6 Å². The molecule has 0 aliphatic carbocycles. The van der Waals surface area contributed by atoms with Crippen LogP contribution in [0.25, 0.3) is 11.3 Å². The summed E-state index contributed by atoms with van der Waals surface area (Å²) in [6.07, 6.45) is 2.13. The topological polar surface area (TPSA) is 3.88 Å². The number of hydrogen-bond donors (Lipinski definition) is 0. The van der Waals surface area contributed by atoms with Gasteiger partial charge in [0.15, 0.2) is 6.20 Å². The van der Waals surface area contributed by atoms with Crippen LogP contribution in [0.2, 0.25) is 0 Å². The lowest BCUT2D eigenvalue weighted by molar-refractivity contribution is -0.660. The molecule has 0 spiro atoms. The molecule has 0 unspecified atom stereocenters. The molecule has 0 fully saturated rings. The predicted molar refractivity (Wildman–Crippen MR) is 67.4 cm³/mol. The highest BCUT2D eigenvalue weighted by molar-refractivity contribution is 7.98. The van der Waals surface area contributed by atoms with Crippen LogP contribution in [0.4, 0.5) is 0 Å². The van der Waals surface area contributed by atoms with E-state index in [1.165, 1.54) is 27.3 Å². The third kappa shape index (κ3) is 1.37. The maximum Gasteiger partial charge on any atom is 0.217 e. The second-order valence-electron chi connectivity index (χ2n) is 4.23. The number of hydrogen-bond acceptors (Lipinski definition) is 1. The van der Waals surface area contributed by atoms with Gasteiger partial charge in [-0.15, -0.1) is 11.8 Å². The Bertz CT molecular complexity index is 509. The van der Waals surface area contributed by atoms with Crippen molar-refractivity contribution in [2.24, 2.45) is 7.05 Å². The van der Waals surface area contributed by atoms with Crippen molar-refractivity contribution in [3.63, 3.8) is 0 Å². The van der Waals surface area contributed by atoms with E-state index in [-0.39, 0.29) is 0 Å². The van der Waals surface area contributed by atoms with Crippen LogP contribution in [0.15, 0.2) is 41.4 Å². The number of fused-ring (bicyclic) bond motifs is 3. The van der Waals surface area contributed by atoms with E-state index in [0.717, 1.165) is 5.75 Å². The van der Waals surface area contributed by atoms with Crippen LogP contribution in [0.1, 0.15) is 11.1 Å². The molecule has 3 rings (SSSR count). The first kappa shape index (κ1) is 9.91. The molecule has 1 aliphatic rings. The Hall–Kier alpha value is -1.28. The van der Waals surface area contributed by atoms with Crippen molar-refractivity contribution >= 4 is 11.8 Å². The fraction of sp³-hybridized carbons (Fsp3) is 0.214. The minimum atomic E-state index is 1.08. The maximum absolute atomic E-state index is 2.24. The fourth-order valence-corrected chi connectivity index (χ4v) is 3.46. The molecule has 0 N–H and O–H groups in total. The third-order valence-corrected chi connectivity index (χ3v) is 4.23. The molecule has 0 bridgehead atoms. The molecule has 16 heavy (non-hydrogen) atoms. The SMILES string of the molecule is Cc1cccc2c1-c1c(ccc[n+]1C)CS2. The van der Waals surface area contributed by atoms with Crippen molar-refractivity contribution in [3.05, 3.63) is 47.7 Å². The highest BCUT2D eigenvalue weighted by Gasteiger charge is 2.25. The number of nitrogens with zero attached hydrogens (tertiary/aromatic N) is 1. The molecule has 2 heterocycles. The van der Waals surface area contributed by atoms with Crippen LogP contribution in [-0.4, -0.2) is 0 Å². The molecular formula is C14H14NS+. The number of benzene rings is 1. The van der Waals surface area contributed by atoms with Crippen molar-refractivity contribution in [3.8, 4) is 11.3 Å². The van der Waals surface area contributed by atoms with E-state index < -0.39 is 0 Å².